The highest BCUT2D eigenvalue weighted by Gasteiger charge is 2.00. The second kappa shape index (κ2) is 16.4. The van der Waals surface area contributed by atoms with Gasteiger partial charge in [0.25, 0.3) is 0 Å². The van der Waals surface area contributed by atoms with Crippen molar-refractivity contribution in [1.29, 1.82) is 0 Å². The highest BCUT2D eigenvalue weighted by Crippen LogP contribution is 2.09. The average Bonchev–Trinajstić information content (AvgIpc) is 2.47. The maximum Gasteiger partial charge on any atom is 0.229 e. The van der Waals surface area contributed by atoms with Gasteiger partial charge >= 0.3 is 0 Å². The van der Waals surface area contributed by atoms with Gasteiger partial charge in [-0.05, 0) is 32.1 Å². The Labute approximate surface area is 125 Å². The Morgan fingerprint density at radius 2 is 1.35 bits per heavy atom. The molecule has 0 amide bonds. The number of hydrogen-bond acceptors (Lipinski definition) is 2. The van der Waals surface area contributed by atoms with Gasteiger partial charge in [-0.3, -0.25) is 4.79 Å². The molecule has 0 heterocycles. The summed E-state index contributed by atoms with van der Waals surface area (Å²) in [5, 5.41) is 9.01. The van der Waals surface area contributed by atoms with E-state index in [1.807, 2.05) is 0 Å². The van der Waals surface area contributed by atoms with Gasteiger partial charge in [0.1, 0.15) is 6.10 Å². The summed E-state index contributed by atoms with van der Waals surface area (Å²) >= 11 is 0. The lowest BCUT2D eigenvalue weighted by atomic mass is 10.1. The first-order valence-corrected chi connectivity index (χ1v) is 8.52. The third-order valence-electron chi connectivity index (χ3n) is 3.63. The van der Waals surface area contributed by atoms with Crippen LogP contribution in [0.2, 0.25) is 0 Å². The van der Waals surface area contributed by atoms with Crippen LogP contribution >= 0.6 is 0 Å². The molecular formula is C18H33O2. The number of aliphatic hydroxyl groups excluding tert-OH is 1. The van der Waals surface area contributed by atoms with Crippen molar-refractivity contribution >= 4 is 6.29 Å². The molecule has 0 aromatic heterocycles. The molecular weight excluding hydrogens is 248 g/mol. The number of carbonyl (C=O) groups excluding carboxylic acids is 1. The molecule has 117 valence electrons. The van der Waals surface area contributed by atoms with E-state index < -0.39 is 6.10 Å². The van der Waals surface area contributed by atoms with Crippen LogP contribution in [0.15, 0.2) is 12.2 Å². The fourth-order valence-electron chi connectivity index (χ4n) is 2.29. The maximum atomic E-state index is 10.1. The van der Waals surface area contributed by atoms with Crippen LogP contribution in [0.3, 0.4) is 0 Å². The zero-order chi connectivity index (χ0) is 14.9. The van der Waals surface area contributed by atoms with Crippen LogP contribution in [0.1, 0.15) is 90.4 Å². The van der Waals surface area contributed by atoms with Crippen molar-refractivity contribution in [2.75, 3.05) is 0 Å². The summed E-state index contributed by atoms with van der Waals surface area (Å²) in [6.07, 6.45) is 21.0. The number of rotatable bonds is 15. The van der Waals surface area contributed by atoms with Crippen LogP contribution in [0.4, 0.5) is 0 Å². The summed E-state index contributed by atoms with van der Waals surface area (Å²) in [4.78, 5) is 10.1. The molecule has 2 nitrogen and oxygen atoms in total. The lowest BCUT2D eigenvalue weighted by molar-refractivity contribution is 0.219. The van der Waals surface area contributed by atoms with Crippen molar-refractivity contribution in [1.82, 2.24) is 0 Å². The molecule has 0 aliphatic carbocycles. The Bertz CT molecular complexity index is 223. The van der Waals surface area contributed by atoms with Crippen molar-refractivity contribution in [2.45, 2.75) is 96.5 Å². The Kier molecular flexibility index (Phi) is 15.9. The van der Waals surface area contributed by atoms with Crippen LogP contribution < -0.4 is 0 Å². The minimum absolute atomic E-state index is 0.567. The Morgan fingerprint density at radius 3 is 1.90 bits per heavy atom. The summed E-state index contributed by atoms with van der Waals surface area (Å²) in [7, 11) is 0. The van der Waals surface area contributed by atoms with E-state index in [-0.39, 0.29) is 0 Å². The highest BCUT2D eigenvalue weighted by molar-refractivity contribution is 5.56. The van der Waals surface area contributed by atoms with Crippen LogP contribution in [0.5, 0.6) is 0 Å². The van der Waals surface area contributed by atoms with Gasteiger partial charge in [-0.15, -0.1) is 0 Å². The molecule has 2 heteroatoms. The van der Waals surface area contributed by atoms with E-state index in [1.54, 1.807) is 6.29 Å². The Morgan fingerprint density at radius 1 is 0.850 bits per heavy atom. The van der Waals surface area contributed by atoms with E-state index in [2.05, 4.69) is 19.1 Å². The second-order valence-electron chi connectivity index (χ2n) is 5.65. The summed E-state index contributed by atoms with van der Waals surface area (Å²) in [5.41, 5.74) is 0. The van der Waals surface area contributed by atoms with Gasteiger partial charge in [-0.2, -0.15) is 0 Å². The number of hydrogen-bond donors (Lipinski definition) is 1. The SMILES string of the molecule is CCCCCCCCC=CCCCCCCC(O)[C]=O. The molecule has 1 radical (unpaired) electrons. The van der Waals surface area contributed by atoms with Gasteiger partial charge in [0.05, 0.1) is 0 Å². The zero-order valence-corrected chi connectivity index (χ0v) is 13.3. The normalized spacial score (nSPS) is 12.9. The molecule has 1 unspecified atom stereocenters. The van der Waals surface area contributed by atoms with Crippen LogP contribution in [-0.2, 0) is 4.79 Å². The van der Waals surface area contributed by atoms with E-state index in [4.69, 9.17) is 5.11 Å². The molecule has 0 aliphatic heterocycles. The van der Waals surface area contributed by atoms with Crippen molar-refractivity contribution in [3.63, 3.8) is 0 Å². The molecule has 1 N–H and O–H groups in total. The molecule has 0 aromatic carbocycles. The first-order valence-electron chi connectivity index (χ1n) is 8.52. The predicted octanol–water partition coefficient (Wildman–Crippen LogP) is 5.10. The topological polar surface area (TPSA) is 37.3 Å². The van der Waals surface area contributed by atoms with Crippen molar-refractivity contribution in [3.05, 3.63) is 12.2 Å². The smallest absolute Gasteiger partial charge is 0.229 e. The molecule has 20 heavy (non-hydrogen) atoms. The molecule has 0 aromatic rings. The highest BCUT2D eigenvalue weighted by atomic mass is 16.3. The lowest BCUT2D eigenvalue weighted by Crippen LogP contribution is -2.06. The van der Waals surface area contributed by atoms with Gasteiger partial charge < -0.3 is 5.11 Å². The molecule has 0 fully saturated rings. The Hall–Kier alpha value is -0.630. The minimum atomic E-state index is -0.868. The van der Waals surface area contributed by atoms with Gasteiger partial charge in [-0.1, -0.05) is 70.4 Å². The fourth-order valence-corrected chi connectivity index (χ4v) is 2.29. The summed E-state index contributed by atoms with van der Waals surface area (Å²) in [6, 6.07) is 0. The van der Waals surface area contributed by atoms with Gasteiger partial charge in [0.15, 0.2) is 0 Å². The standard InChI is InChI=1S/C18H33O2/c1-2-3-4-5-6-7-8-9-10-11-12-13-14-15-16-18(20)17-19/h9-10,18,20H,2-8,11-16H2,1H3. The monoisotopic (exact) mass is 281 g/mol. The molecule has 0 spiro atoms. The summed E-state index contributed by atoms with van der Waals surface area (Å²) in [5.74, 6) is 0. The number of allylic oxidation sites excluding steroid dienone is 2. The second-order valence-corrected chi connectivity index (χ2v) is 5.65. The van der Waals surface area contributed by atoms with Crippen molar-refractivity contribution in [2.24, 2.45) is 0 Å². The molecule has 0 rings (SSSR count). The Balaban J connectivity index is 3.10. The predicted molar refractivity (Wildman–Crippen MR) is 86.5 cm³/mol. The summed E-state index contributed by atoms with van der Waals surface area (Å²) in [6.45, 7) is 2.26. The van der Waals surface area contributed by atoms with Crippen molar-refractivity contribution in [3.8, 4) is 0 Å². The van der Waals surface area contributed by atoms with E-state index >= 15 is 0 Å². The molecule has 0 saturated carbocycles. The zero-order valence-electron chi connectivity index (χ0n) is 13.3. The van der Waals surface area contributed by atoms with E-state index in [1.165, 1.54) is 57.8 Å². The largest absolute Gasteiger partial charge is 0.385 e. The van der Waals surface area contributed by atoms with Gasteiger partial charge in [0.2, 0.25) is 6.29 Å². The number of unbranched alkanes of at least 4 members (excludes halogenated alkanes) is 10. The van der Waals surface area contributed by atoms with E-state index in [9.17, 15) is 4.79 Å². The maximum absolute atomic E-state index is 10.1. The molecule has 0 saturated heterocycles. The third kappa shape index (κ3) is 15.4. The average molecular weight is 281 g/mol. The quantitative estimate of drug-likeness (QED) is 0.335. The molecule has 0 aliphatic rings. The van der Waals surface area contributed by atoms with Crippen LogP contribution in [0, 0.1) is 0 Å². The van der Waals surface area contributed by atoms with E-state index in [0.29, 0.717) is 6.42 Å². The first-order chi connectivity index (χ1) is 9.81. The first kappa shape index (κ1) is 19.4. The van der Waals surface area contributed by atoms with E-state index in [0.717, 1.165) is 19.3 Å². The van der Waals surface area contributed by atoms with Crippen LogP contribution in [0.25, 0.3) is 0 Å². The van der Waals surface area contributed by atoms with Crippen LogP contribution in [-0.4, -0.2) is 17.5 Å². The van der Waals surface area contributed by atoms with Crippen molar-refractivity contribution < 1.29 is 9.90 Å². The molecule has 0 bridgehead atoms. The lowest BCUT2D eigenvalue weighted by Gasteiger charge is -2.01. The summed E-state index contributed by atoms with van der Waals surface area (Å²) < 4.78 is 0. The fraction of sp³-hybridized carbons (Fsp3) is 0.833. The third-order valence-corrected chi connectivity index (χ3v) is 3.63. The minimum Gasteiger partial charge on any atom is -0.385 e. The number of aliphatic hydroxyl groups is 1. The van der Waals surface area contributed by atoms with Gasteiger partial charge in [0, 0.05) is 0 Å². The molecule has 1 atom stereocenters. The van der Waals surface area contributed by atoms with Gasteiger partial charge in [-0.25, -0.2) is 0 Å².